The summed E-state index contributed by atoms with van der Waals surface area (Å²) in [5, 5.41) is 0. The van der Waals surface area contributed by atoms with Gasteiger partial charge in [-0.1, -0.05) is 84.9 Å². The average molecular weight is 555 g/mol. The Morgan fingerprint density at radius 1 is 0.833 bits per heavy atom. The fourth-order valence-electron chi connectivity index (χ4n) is 8.21. The molecule has 3 aliphatic rings. The number of quaternary nitrogens is 1. The van der Waals surface area contributed by atoms with Gasteiger partial charge in [0.25, 0.3) is 0 Å². The Morgan fingerprint density at radius 3 is 2.00 bits per heavy atom. The second-order valence-corrected chi connectivity index (χ2v) is 14.4. The lowest BCUT2D eigenvalue weighted by molar-refractivity contribution is -0.967. The summed E-state index contributed by atoms with van der Waals surface area (Å²) in [6.07, 6.45) is 3.08. The number of ether oxygens (including phenoxy) is 1. The summed E-state index contributed by atoms with van der Waals surface area (Å²) in [7, 11) is 0. The molecule has 3 heteroatoms. The molecule has 2 nitrogen and oxygen atoms in total. The van der Waals surface area contributed by atoms with Crippen LogP contribution in [-0.4, -0.2) is 29.2 Å². The van der Waals surface area contributed by atoms with Crippen LogP contribution in [0.5, 0.6) is 0 Å². The maximum absolute atomic E-state index is 6.76. The van der Waals surface area contributed by atoms with Crippen molar-refractivity contribution in [3.05, 3.63) is 70.8 Å². The molecule has 0 amide bonds. The summed E-state index contributed by atoms with van der Waals surface area (Å²) in [6.45, 7) is 23.7. The zero-order chi connectivity index (χ0) is 25.2. The third-order valence-electron chi connectivity index (χ3n) is 10.1. The lowest BCUT2D eigenvalue weighted by Crippen LogP contribution is -3.00. The van der Waals surface area contributed by atoms with E-state index in [2.05, 4.69) is 104 Å². The second kappa shape index (κ2) is 9.54. The van der Waals surface area contributed by atoms with Gasteiger partial charge in [0.1, 0.15) is 24.7 Å². The van der Waals surface area contributed by atoms with E-state index >= 15 is 0 Å². The van der Waals surface area contributed by atoms with Gasteiger partial charge in [0.15, 0.2) is 0 Å². The molecule has 2 heterocycles. The molecule has 6 atom stereocenters. The molecule has 0 bridgehead atoms. The number of hydrogen-bond acceptors (Lipinski definition) is 1. The third-order valence-corrected chi connectivity index (χ3v) is 10.1. The van der Waals surface area contributed by atoms with Crippen molar-refractivity contribution >= 4 is 0 Å². The molecule has 36 heavy (non-hydrogen) atoms. The molecule has 0 unspecified atom stereocenters. The molecule has 1 aliphatic carbocycles. The highest BCUT2D eigenvalue weighted by Gasteiger charge is 2.73. The SMILES string of the molecule is C[C@@H]1C[N@@+]2(Cc3cc(C(C)(C)C)cc(C(C)(C)C)c3)C[C@H](OCc3ccccc3)[C@H]3CC[C@@H]1[C@]32C.[Br-]. The van der Waals surface area contributed by atoms with E-state index < -0.39 is 0 Å². The molecule has 2 aliphatic heterocycles. The van der Waals surface area contributed by atoms with E-state index in [0.717, 1.165) is 25.0 Å². The predicted octanol–water partition coefficient (Wildman–Crippen LogP) is 4.64. The highest BCUT2D eigenvalue weighted by molar-refractivity contribution is 5.37. The van der Waals surface area contributed by atoms with E-state index in [1.165, 1.54) is 52.7 Å². The molecule has 2 saturated heterocycles. The molecule has 5 rings (SSSR count). The van der Waals surface area contributed by atoms with Crippen molar-refractivity contribution in [3.8, 4) is 0 Å². The van der Waals surface area contributed by atoms with Gasteiger partial charge in [-0.25, -0.2) is 0 Å². The Hall–Kier alpha value is -1.16. The van der Waals surface area contributed by atoms with E-state index in [-0.39, 0.29) is 27.8 Å². The predicted molar refractivity (Wildman–Crippen MR) is 146 cm³/mol. The van der Waals surface area contributed by atoms with Crippen LogP contribution in [0.25, 0.3) is 0 Å². The van der Waals surface area contributed by atoms with Crippen molar-refractivity contribution in [3.63, 3.8) is 0 Å². The third kappa shape index (κ3) is 4.63. The van der Waals surface area contributed by atoms with Crippen LogP contribution in [0, 0.1) is 17.8 Å². The largest absolute Gasteiger partial charge is 1.00 e. The molecule has 0 spiro atoms. The van der Waals surface area contributed by atoms with Crippen molar-refractivity contribution in [1.82, 2.24) is 0 Å². The Morgan fingerprint density at radius 2 is 1.42 bits per heavy atom. The van der Waals surface area contributed by atoms with E-state index in [1.807, 2.05) is 0 Å². The number of hydrogen-bond donors (Lipinski definition) is 0. The van der Waals surface area contributed by atoms with Gasteiger partial charge in [0.2, 0.25) is 0 Å². The van der Waals surface area contributed by atoms with Gasteiger partial charge in [-0.3, -0.25) is 0 Å². The number of rotatable bonds is 5. The van der Waals surface area contributed by atoms with Crippen LogP contribution < -0.4 is 17.0 Å². The topological polar surface area (TPSA) is 9.23 Å². The van der Waals surface area contributed by atoms with Crippen LogP contribution in [0.3, 0.4) is 0 Å². The highest BCUT2D eigenvalue weighted by atomic mass is 79.9. The summed E-state index contributed by atoms with van der Waals surface area (Å²) >= 11 is 0. The Bertz CT molecular complexity index is 1040. The van der Waals surface area contributed by atoms with Gasteiger partial charge in [-0.2, -0.15) is 0 Å². The first-order valence-electron chi connectivity index (χ1n) is 14.0. The lowest BCUT2D eigenvalue weighted by atomic mass is 9.78. The minimum Gasteiger partial charge on any atom is -1.00 e. The molecule has 0 N–H and O–H groups in total. The molecule has 1 saturated carbocycles. The summed E-state index contributed by atoms with van der Waals surface area (Å²) in [5.41, 5.74) is 6.43. The van der Waals surface area contributed by atoms with Crippen LogP contribution in [0.2, 0.25) is 0 Å². The Kier molecular flexibility index (Phi) is 7.39. The quantitative estimate of drug-likeness (QED) is 0.490. The van der Waals surface area contributed by atoms with Gasteiger partial charge in [-0.15, -0.1) is 0 Å². The van der Waals surface area contributed by atoms with Gasteiger partial charge >= 0.3 is 0 Å². The van der Waals surface area contributed by atoms with Crippen molar-refractivity contribution in [2.45, 2.75) is 104 Å². The van der Waals surface area contributed by atoms with Crippen LogP contribution in [0.4, 0.5) is 0 Å². The minimum atomic E-state index is 0. The lowest BCUT2D eigenvalue weighted by Gasteiger charge is -2.44. The molecule has 2 aromatic carbocycles. The van der Waals surface area contributed by atoms with Crippen molar-refractivity contribution in [2.75, 3.05) is 13.1 Å². The van der Waals surface area contributed by atoms with Gasteiger partial charge in [0, 0.05) is 23.3 Å². The molecule has 2 aromatic rings. The first-order chi connectivity index (χ1) is 16.3. The number of benzene rings is 2. The first-order valence-corrected chi connectivity index (χ1v) is 14.0. The van der Waals surface area contributed by atoms with Gasteiger partial charge < -0.3 is 26.2 Å². The maximum Gasteiger partial charge on any atom is 0.116 e. The summed E-state index contributed by atoms with van der Waals surface area (Å²) in [4.78, 5) is 0. The zero-order valence-corrected chi connectivity index (χ0v) is 25.5. The zero-order valence-electron chi connectivity index (χ0n) is 23.9. The Labute approximate surface area is 231 Å². The summed E-state index contributed by atoms with van der Waals surface area (Å²) in [5.74, 6) is 2.30. The van der Waals surface area contributed by atoms with Crippen molar-refractivity contribution < 1.29 is 26.2 Å². The average Bonchev–Trinajstić information content (AvgIpc) is 3.32. The van der Waals surface area contributed by atoms with Crippen LogP contribution >= 0.6 is 0 Å². The standard InChI is InChI=1S/C33H48NO.BrH/c1-23-19-34(20-25-16-26(31(2,3)4)18-27(17-25)32(5,6)7)21-30(29-15-14-28(23)33(29,34)8)35-22-24-12-10-9-11-13-24;/h9-13,16-18,23,28-30H,14-15,19-22H2,1-8H3;1H/q+1;/p-1/t23-,28+,29-,30+,33-,34-;/m1./s1. The summed E-state index contributed by atoms with van der Waals surface area (Å²) in [6, 6.07) is 18.3. The highest BCUT2D eigenvalue weighted by Crippen LogP contribution is 2.63. The molecule has 3 fully saturated rings. The fraction of sp³-hybridized carbons (Fsp3) is 0.636. The van der Waals surface area contributed by atoms with E-state index in [4.69, 9.17) is 4.74 Å². The van der Waals surface area contributed by atoms with Crippen molar-refractivity contribution in [2.24, 2.45) is 17.8 Å². The van der Waals surface area contributed by atoms with E-state index in [1.54, 1.807) is 0 Å². The normalized spacial score (nSPS) is 33.4. The smallest absolute Gasteiger partial charge is 0.116 e. The van der Waals surface area contributed by atoms with E-state index in [0.29, 0.717) is 17.6 Å². The number of nitrogens with zero attached hydrogens (tertiary/aromatic N) is 1. The van der Waals surface area contributed by atoms with Crippen LogP contribution in [-0.2, 0) is 28.7 Å². The number of halogens is 1. The Balaban J connectivity index is 0.00000304. The molecule has 0 aromatic heterocycles. The fourth-order valence-corrected chi connectivity index (χ4v) is 8.21. The monoisotopic (exact) mass is 553 g/mol. The second-order valence-electron chi connectivity index (χ2n) is 14.4. The molecule has 0 radical (unpaired) electrons. The maximum atomic E-state index is 6.76. The van der Waals surface area contributed by atoms with Gasteiger partial charge in [0.05, 0.1) is 13.2 Å². The minimum absolute atomic E-state index is 0. The molecule has 198 valence electrons. The molecular weight excluding hydrogens is 506 g/mol. The first kappa shape index (κ1) is 27.9. The summed E-state index contributed by atoms with van der Waals surface area (Å²) < 4.78 is 7.98. The molecular formula is C33H48BrNO. The van der Waals surface area contributed by atoms with Gasteiger partial charge in [-0.05, 0) is 59.4 Å². The van der Waals surface area contributed by atoms with E-state index in [9.17, 15) is 0 Å². The van der Waals surface area contributed by atoms with Crippen LogP contribution in [0.15, 0.2) is 48.5 Å². The van der Waals surface area contributed by atoms with Crippen LogP contribution in [0.1, 0.15) is 90.5 Å². The van der Waals surface area contributed by atoms with Crippen molar-refractivity contribution in [1.29, 1.82) is 0 Å².